The Labute approximate surface area is 127 Å². The number of halogens is 1. The van der Waals surface area contributed by atoms with Crippen LogP contribution in [0.25, 0.3) is 0 Å². The quantitative estimate of drug-likeness (QED) is 0.781. The molecule has 1 rings (SSSR count). The number of nitrogens with zero attached hydrogens (tertiary/aromatic N) is 1. The smallest absolute Gasteiger partial charge is 0.251 e. The van der Waals surface area contributed by atoms with E-state index in [1.165, 1.54) is 0 Å². The number of nitrogens with one attached hydrogen (secondary N) is 1. The second-order valence-corrected chi connectivity index (χ2v) is 5.81. The highest BCUT2D eigenvalue weighted by Crippen LogP contribution is 2.18. The summed E-state index contributed by atoms with van der Waals surface area (Å²) in [6.45, 7) is 4.77. The molecule has 0 heterocycles. The summed E-state index contributed by atoms with van der Waals surface area (Å²) in [5, 5.41) is 2.92. The second kappa shape index (κ2) is 8.15. The minimum Gasteiger partial charge on any atom is -0.378 e. The molecule has 1 atom stereocenters. The maximum Gasteiger partial charge on any atom is 0.251 e. The summed E-state index contributed by atoms with van der Waals surface area (Å²) in [4.78, 5) is 14.1. The van der Waals surface area contributed by atoms with Gasteiger partial charge in [0.15, 0.2) is 0 Å². The topological polar surface area (TPSA) is 32.3 Å². The molecule has 1 aromatic carbocycles. The van der Waals surface area contributed by atoms with Crippen molar-refractivity contribution in [3.8, 4) is 0 Å². The Kier molecular flexibility index (Phi) is 6.86. The fraction of sp³-hybridized carbons (Fsp3) is 0.562. The number of anilines is 1. The maximum absolute atomic E-state index is 12.1. The van der Waals surface area contributed by atoms with Crippen LogP contribution in [0.5, 0.6) is 0 Å². The fourth-order valence-corrected chi connectivity index (χ4v) is 2.62. The molecule has 0 aliphatic carbocycles. The van der Waals surface area contributed by atoms with Gasteiger partial charge in [-0.15, -0.1) is 11.6 Å². The van der Waals surface area contributed by atoms with Gasteiger partial charge in [0, 0.05) is 31.9 Å². The first kappa shape index (κ1) is 16.8. The largest absolute Gasteiger partial charge is 0.378 e. The van der Waals surface area contributed by atoms with Crippen LogP contribution in [0.4, 0.5) is 5.69 Å². The average molecular weight is 297 g/mol. The van der Waals surface area contributed by atoms with E-state index in [-0.39, 0.29) is 11.3 Å². The Morgan fingerprint density at radius 3 is 2.50 bits per heavy atom. The maximum atomic E-state index is 12.1. The molecular formula is C16H25ClN2O. The van der Waals surface area contributed by atoms with Crippen LogP contribution in [0, 0.1) is 5.92 Å². The standard InChI is InChI=1S/C16H25ClN2O/c1-5-12(6-2)15(17)11-18-16(20)13-8-7-9-14(10-13)19(3)4/h7-10,12,15H,5-6,11H2,1-4H3,(H,18,20). The number of amides is 1. The van der Waals surface area contributed by atoms with E-state index in [1.54, 1.807) is 0 Å². The zero-order valence-corrected chi connectivity index (χ0v) is 13.6. The van der Waals surface area contributed by atoms with Crippen molar-refractivity contribution in [2.24, 2.45) is 5.92 Å². The third kappa shape index (κ3) is 4.71. The van der Waals surface area contributed by atoms with Gasteiger partial charge in [-0.05, 0) is 24.1 Å². The third-order valence-electron chi connectivity index (χ3n) is 3.64. The molecule has 0 radical (unpaired) electrons. The van der Waals surface area contributed by atoms with Gasteiger partial charge in [0.05, 0.1) is 5.38 Å². The van der Waals surface area contributed by atoms with Crippen molar-refractivity contribution in [2.75, 3.05) is 25.5 Å². The normalized spacial score (nSPS) is 12.3. The van der Waals surface area contributed by atoms with Gasteiger partial charge in [0.1, 0.15) is 0 Å². The van der Waals surface area contributed by atoms with Gasteiger partial charge in [-0.2, -0.15) is 0 Å². The van der Waals surface area contributed by atoms with Gasteiger partial charge in [-0.3, -0.25) is 4.79 Å². The molecule has 0 aliphatic heterocycles. The number of benzene rings is 1. The van der Waals surface area contributed by atoms with Gasteiger partial charge in [-0.1, -0.05) is 32.8 Å². The van der Waals surface area contributed by atoms with E-state index < -0.39 is 0 Å². The van der Waals surface area contributed by atoms with Gasteiger partial charge >= 0.3 is 0 Å². The molecule has 4 heteroatoms. The van der Waals surface area contributed by atoms with Crippen LogP contribution in [0.15, 0.2) is 24.3 Å². The molecule has 0 spiro atoms. The van der Waals surface area contributed by atoms with E-state index in [4.69, 9.17) is 11.6 Å². The fourth-order valence-electron chi connectivity index (χ4n) is 2.18. The van der Waals surface area contributed by atoms with Crippen LogP contribution in [0.2, 0.25) is 0 Å². The highest BCUT2D eigenvalue weighted by molar-refractivity contribution is 6.21. The summed E-state index contributed by atoms with van der Waals surface area (Å²) >= 11 is 6.34. The molecule has 1 unspecified atom stereocenters. The summed E-state index contributed by atoms with van der Waals surface area (Å²) in [5.74, 6) is 0.385. The molecule has 1 amide bonds. The van der Waals surface area contributed by atoms with E-state index >= 15 is 0 Å². The summed E-state index contributed by atoms with van der Waals surface area (Å²) in [6.07, 6.45) is 2.08. The Bertz CT molecular complexity index is 430. The first-order valence-corrected chi connectivity index (χ1v) is 7.62. The average Bonchev–Trinajstić information content (AvgIpc) is 2.46. The molecule has 112 valence electrons. The monoisotopic (exact) mass is 296 g/mol. The van der Waals surface area contributed by atoms with Gasteiger partial charge < -0.3 is 10.2 Å². The zero-order valence-electron chi connectivity index (χ0n) is 12.8. The summed E-state index contributed by atoms with van der Waals surface area (Å²) in [7, 11) is 3.91. The molecule has 0 saturated carbocycles. The highest BCUT2D eigenvalue weighted by Gasteiger charge is 2.17. The summed E-state index contributed by atoms with van der Waals surface area (Å²) < 4.78 is 0. The van der Waals surface area contributed by atoms with Crippen LogP contribution >= 0.6 is 11.6 Å². The minimum absolute atomic E-state index is 0.00835. The van der Waals surface area contributed by atoms with Gasteiger partial charge in [-0.25, -0.2) is 0 Å². The SMILES string of the molecule is CCC(CC)C(Cl)CNC(=O)c1cccc(N(C)C)c1. The lowest BCUT2D eigenvalue weighted by atomic mass is 9.99. The molecule has 0 bridgehead atoms. The summed E-state index contributed by atoms with van der Waals surface area (Å²) in [6, 6.07) is 7.58. The van der Waals surface area contributed by atoms with Crippen molar-refractivity contribution < 1.29 is 4.79 Å². The van der Waals surface area contributed by atoms with Crippen molar-refractivity contribution in [1.29, 1.82) is 0 Å². The number of hydrogen-bond donors (Lipinski definition) is 1. The molecule has 0 aromatic heterocycles. The molecular weight excluding hydrogens is 272 g/mol. The number of carbonyl (C=O) groups is 1. The third-order valence-corrected chi connectivity index (χ3v) is 4.15. The molecule has 0 saturated heterocycles. The van der Waals surface area contributed by atoms with Crippen LogP contribution in [0.1, 0.15) is 37.0 Å². The minimum atomic E-state index is -0.0645. The first-order valence-electron chi connectivity index (χ1n) is 7.19. The lowest BCUT2D eigenvalue weighted by Gasteiger charge is -2.19. The Morgan fingerprint density at radius 1 is 1.30 bits per heavy atom. The van der Waals surface area contributed by atoms with E-state index in [0.29, 0.717) is 18.0 Å². The Hall–Kier alpha value is -1.22. The van der Waals surface area contributed by atoms with Crippen molar-refractivity contribution >= 4 is 23.2 Å². The van der Waals surface area contributed by atoms with Crippen molar-refractivity contribution in [2.45, 2.75) is 32.1 Å². The predicted octanol–water partition coefficient (Wildman–Crippen LogP) is 3.53. The van der Waals surface area contributed by atoms with E-state index in [1.807, 2.05) is 43.3 Å². The van der Waals surface area contributed by atoms with Gasteiger partial charge in [0.2, 0.25) is 0 Å². The van der Waals surface area contributed by atoms with Crippen LogP contribution in [-0.4, -0.2) is 31.9 Å². The zero-order chi connectivity index (χ0) is 15.1. The van der Waals surface area contributed by atoms with E-state index in [9.17, 15) is 4.79 Å². The first-order chi connectivity index (χ1) is 9.49. The van der Waals surface area contributed by atoms with Crippen molar-refractivity contribution in [1.82, 2.24) is 5.32 Å². The summed E-state index contributed by atoms with van der Waals surface area (Å²) in [5.41, 5.74) is 1.68. The molecule has 0 fully saturated rings. The van der Waals surface area contributed by atoms with Crippen LogP contribution in [0.3, 0.4) is 0 Å². The molecule has 3 nitrogen and oxygen atoms in total. The highest BCUT2D eigenvalue weighted by atomic mass is 35.5. The molecule has 0 aliphatic rings. The second-order valence-electron chi connectivity index (χ2n) is 5.25. The van der Waals surface area contributed by atoms with Crippen molar-refractivity contribution in [3.05, 3.63) is 29.8 Å². The number of hydrogen-bond acceptors (Lipinski definition) is 2. The molecule has 1 N–H and O–H groups in total. The van der Waals surface area contributed by atoms with Gasteiger partial charge in [0.25, 0.3) is 5.91 Å². The predicted molar refractivity (Wildman–Crippen MR) is 86.8 cm³/mol. The Balaban J connectivity index is 2.61. The van der Waals surface area contributed by atoms with E-state index in [0.717, 1.165) is 18.5 Å². The van der Waals surface area contributed by atoms with Crippen molar-refractivity contribution in [3.63, 3.8) is 0 Å². The number of alkyl halides is 1. The Morgan fingerprint density at radius 2 is 1.95 bits per heavy atom. The van der Waals surface area contributed by atoms with E-state index in [2.05, 4.69) is 19.2 Å². The van der Waals surface area contributed by atoms with Crippen LogP contribution < -0.4 is 10.2 Å². The lowest BCUT2D eigenvalue weighted by molar-refractivity contribution is 0.0951. The number of rotatable bonds is 7. The number of carbonyl (C=O) groups excluding carboxylic acids is 1. The molecule has 20 heavy (non-hydrogen) atoms. The lowest BCUT2D eigenvalue weighted by Crippen LogP contribution is -2.33. The van der Waals surface area contributed by atoms with Crippen LogP contribution in [-0.2, 0) is 0 Å². The molecule has 1 aromatic rings.